The fourth-order valence-corrected chi connectivity index (χ4v) is 3.79. The number of piperazine rings is 1. The molecule has 0 saturated carbocycles. The van der Waals surface area contributed by atoms with Gasteiger partial charge >= 0.3 is 0 Å². The van der Waals surface area contributed by atoms with E-state index in [1.54, 1.807) is 18.5 Å². The maximum absolute atomic E-state index is 12.5. The highest BCUT2D eigenvalue weighted by atomic mass is 32.2. The molecule has 2 aliphatic rings. The predicted octanol–water partition coefficient (Wildman–Crippen LogP) is 1.69. The van der Waals surface area contributed by atoms with E-state index in [0.717, 1.165) is 35.4 Å². The molecule has 8 heteroatoms. The van der Waals surface area contributed by atoms with Gasteiger partial charge in [0.25, 0.3) is 0 Å². The van der Waals surface area contributed by atoms with Gasteiger partial charge in [0.05, 0.1) is 5.75 Å². The third-order valence-corrected chi connectivity index (χ3v) is 5.32. The maximum atomic E-state index is 12.5. The number of carbonyl (C=O) groups excluding carboxylic acids is 1. The molecule has 0 aliphatic carbocycles. The summed E-state index contributed by atoms with van der Waals surface area (Å²) in [5.74, 6) is 2.82. The summed E-state index contributed by atoms with van der Waals surface area (Å²) in [7, 11) is 0. The Labute approximate surface area is 156 Å². The van der Waals surface area contributed by atoms with Gasteiger partial charge in [-0.1, -0.05) is 0 Å². The van der Waals surface area contributed by atoms with Crippen LogP contribution in [0.1, 0.15) is 0 Å². The zero-order valence-electron chi connectivity index (χ0n) is 14.3. The van der Waals surface area contributed by atoms with Crippen molar-refractivity contribution in [1.82, 2.24) is 14.9 Å². The summed E-state index contributed by atoms with van der Waals surface area (Å²) < 4.78 is 11.1. The minimum Gasteiger partial charge on any atom is -0.486 e. The van der Waals surface area contributed by atoms with Crippen LogP contribution in [0, 0.1) is 0 Å². The number of carbonyl (C=O) groups is 1. The van der Waals surface area contributed by atoms with Gasteiger partial charge < -0.3 is 19.3 Å². The summed E-state index contributed by atoms with van der Waals surface area (Å²) in [4.78, 5) is 26.1. The summed E-state index contributed by atoms with van der Waals surface area (Å²) in [5, 5.41) is 0. The molecule has 3 heterocycles. The van der Waals surface area contributed by atoms with E-state index in [1.165, 1.54) is 11.8 Å². The summed E-state index contributed by atoms with van der Waals surface area (Å²) in [6.45, 7) is 4.04. The smallest absolute Gasteiger partial charge is 0.233 e. The van der Waals surface area contributed by atoms with Crippen molar-refractivity contribution in [2.24, 2.45) is 0 Å². The van der Waals surface area contributed by atoms with E-state index < -0.39 is 0 Å². The van der Waals surface area contributed by atoms with Crippen LogP contribution in [0.3, 0.4) is 0 Å². The lowest BCUT2D eigenvalue weighted by Gasteiger charge is -2.34. The normalized spacial score (nSPS) is 16.5. The maximum Gasteiger partial charge on any atom is 0.233 e. The van der Waals surface area contributed by atoms with E-state index in [-0.39, 0.29) is 5.91 Å². The van der Waals surface area contributed by atoms with E-state index in [9.17, 15) is 4.79 Å². The van der Waals surface area contributed by atoms with Crippen LogP contribution >= 0.6 is 11.8 Å². The first-order chi connectivity index (χ1) is 12.8. The molecule has 0 atom stereocenters. The minimum absolute atomic E-state index is 0.151. The molecule has 1 aromatic heterocycles. The number of anilines is 1. The highest BCUT2D eigenvalue weighted by molar-refractivity contribution is 8.00. The van der Waals surface area contributed by atoms with Crippen molar-refractivity contribution >= 4 is 23.6 Å². The molecule has 1 fully saturated rings. The molecular formula is C18H20N4O3S. The van der Waals surface area contributed by atoms with Gasteiger partial charge in [-0.3, -0.25) is 4.79 Å². The monoisotopic (exact) mass is 372 g/mol. The number of fused-ring (bicyclic) bond motifs is 1. The molecule has 7 nitrogen and oxygen atoms in total. The van der Waals surface area contributed by atoms with Gasteiger partial charge in [0.1, 0.15) is 13.2 Å². The van der Waals surface area contributed by atoms with E-state index in [0.29, 0.717) is 32.1 Å². The molecule has 0 radical (unpaired) electrons. The zero-order chi connectivity index (χ0) is 17.8. The number of nitrogens with zero attached hydrogens (tertiary/aromatic N) is 4. The molecule has 1 saturated heterocycles. The molecular weight excluding hydrogens is 352 g/mol. The van der Waals surface area contributed by atoms with Crippen molar-refractivity contribution < 1.29 is 14.3 Å². The molecule has 0 spiro atoms. The van der Waals surface area contributed by atoms with Gasteiger partial charge in [-0.25, -0.2) is 9.97 Å². The predicted molar refractivity (Wildman–Crippen MR) is 99.0 cm³/mol. The van der Waals surface area contributed by atoms with E-state index in [2.05, 4.69) is 14.9 Å². The van der Waals surface area contributed by atoms with E-state index >= 15 is 0 Å². The number of benzene rings is 1. The lowest BCUT2D eigenvalue weighted by atomic mass is 10.3. The quantitative estimate of drug-likeness (QED) is 0.757. The zero-order valence-corrected chi connectivity index (χ0v) is 15.2. The summed E-state index contributed by atoms with van der Waals surface area (Å²) in [6.07, 6.45) is 3.48. The van der Waals surface area contributed by atoms with Crippen LogP contribution in [-0.4, -0.2) is 65.9 Å². The Kier molecular flexibility index (Phi) is 5.10. The van der Waals surface area contributed by atoms with Gasteiger partial charge in [-0.2, -0.15) is 0 Å². The van der Waals surface area contributed by atoms with Crippen LogP contribution in [0.4, 0.5) is 5.95 Å². The second-order valence-electron chi connectivity index (χ2n) is 6.01. The summed E-state index contributed by atoms with van der Waals surface area (Å²) >= 11 is 1.53. The third kappa shape index (κ3) is 3.85. The lowest BCUT2D eigenvalue weighted by molar-refractivity contribution is -0.128. The van der Waals surface area contributed by atoms with Crippen molar-refractivity contribution in [3.05, 3.63) is 36.7 Å². The number of thioether (sulfide) groups is 1. The standard InChI is InChI=1S/C18H20N4O3S/c23-17(13-26-14-2-3-15-16(12-14)25-11-10-24-15)21-6-8-22(9-7-21)18-19-4-1-5-20-18/h1-5,12H,6-11,13H2. The Morgan fingerprint density at radius 2 is 1.77 bits per heavy atom. The van der Waals surface area contributed by atoms with E-state index in [4.69, 9.17) is 9.47 Å². The fourth-order valence-electron chi connectivity index (χ4n) is 2.96. The van der Waals surface area contributed by atoms with Crippen LogP contribution in [0.5, 0.6) is 11.5 Å². The largest absolute Gasteiger partial charge is 0.486 e. The molecule has 2 aliphatic heterocycles. The second-order valence-corrected chi connectivity index (χ2v) is 7.06. The Bertz CT molecular complexity index is 766. The Hall–Kier alpha value is -2.48. The van der Waals surface area contributed by atoms with Crippen LogP contribution in [0.25, 0.3) is 0 Å². The van der Waals surface area contributed by atoms with Crippen molar-refractivity contribution in [3.8, 4) is 11.5 Å². The number of ether oxygens (including phenoxy) is 2. The third-order valence-electron chi connectivity index (χ3n) is 4.34. The molecule has 2 aromatic rings. The molecule has 26 heavy (non-hydrogen) atoms. The van der Waals surface area contributed by atoms with Crippen LogP contribution in [-0.2, 0) is 4.79 Å². The highest BCUT2D eigenvalue weighted by Gasteiger charge is 2.22. The van der Waals surface area contributed by atoms with Gasteiger partial charge in [0, 0.05) is 43.5 Å². The first-order valence-electron chi connectivity index (χ1n) is 8.62. The Morgan fingerprint density at radius 1 is 1.04 bits per heavy atom. The average molecular weight is 372 g/mol. The second kappa shape index (κ2) is 7.82. The first-order valence-corrected chi connectivity index (χ1v) is 9.60. The highest BCUT2D eigenvalue weighted by Crippen LogP contribution is 2.34. The number of rotatable bonds is 4. The summed E-state index contributed by atoms with van der Waals surface area (Å²) in [6, 6.07) is 7.62. The molecule has 0 bridgehead atoms. The van der Waals surface area contributed by atoms with Crippen molar-refractivity contribution in [1.29, 1.82) is 0 Å². The SMILES string of the molecule is O=C(CSc1ccc2c(c1)OCCO2)N1CCN(c2ncccn2)CC1. The molecule has 0 N–H and O–H groups in total. The van der Waals surface area contributed by atoms with Gasteiger partial charge in [0.2, 0.25) is 11.9 Å². The molecule has 136 valence electrons. The number of amides is 1. The summed E-state index contributed by atoms with van der Waals surface area (Å²) in [5.41, 5.74) is 0. The van der Waals surface area contributed by atoms with Crippen LogP contribution < -0.4 is 14.4 Å². The average Bonchev–Trinajstić information content (AvgIpc) is 2.72. The van der Waals surface area contributed by atoms with E-state index in [1.807, 2.05) is 23.1 Å². The van der Waals surface area contributed by atoms with Crippen molar-refractivity contribution in [3.63, 3.8) is 0 Å². The Balaban J connectivity index is 1.28. The van der Waals surface area contributed by atoms with Gasteiger partial charge in [0.15, 0.2) is 11.5 Å². The molecule has 4 rings (SSSR count). The van der Waals surface area contributed by atoms with Crippen LogP contribution in [0.2, 0.25) is 0 Å². The molecule has 1 aromatic carbocycles. The molecule has 0 unspecified atom stereocenters. The lowest BCUT2D eigenvalue weighted by Crippen LogP contribution is -2.49. The topological polar surface area (TPSA) is 67.8 Å². The number of hydrogen-bond donors (Lipinski definition) is 0. The molecule has 1 amide bonds. The van der Waals surface area contributed by atoms with Gasteiger partial charge in [-0.15, -0.1) is 11.8 Å². The van der Waals surface area contributed by atoms with Crippen molar-refractivity contribution in [2.45, 2.75) is 4.90 Å². The number of hydrogen-bond acceptors (Lipinski definition) is 7. The first kappa shape index (κ1) is 17.0. The fraction of sp³-hybridized carbons (Fsp3) is 0.389. The van der Waals surface area contributed by atoms with Crippen LogP contribution in [0.15, 0.2) is 41.6 Å². The minimum atomic E-state index is 0.151. The van der Waals surface area contributed by atoms with Gasteiger partial charge in [-0.05, 0) is 24.3 Å². The number of aromatic nitrogens is 2. The Morgan fingerprint density at radius 3 is 2.54 bits per heavy atom. The van der Waals surface area contributed by atoms with Crippen molar-refractivity contribution in [2.75, 3.05) is 50.0 Å².